The molecule has 0 radical (unpaired) electrons. The molecule has 0 atom stereocenters. The number of nitrogen functional groups attached to an aromatic ring is 1. The van der Waals surface area contributed by atoms with Gasteiger partial charge in [-0.25, -0.2) is 9.48 Å². The molecule has 7 heteroatoms. The van der Waals surface area contributed by atoms with Crippen LogP contribution in [0.15, 0.2) is 30.5 Å². The molecule has 0 spiro atoms. The van der Waals surface area contributed by atoms with E-state index >= 15 is 0 Å². The van der Waals surface area contributed by atoms with Gasteiger partial charge < -0.3 is 20.3 Å². The van der Waals surface area contributed by atoms with Crippen LogP contribution in [-0.4, -0.2) is 41.2 Å². The minimum absolute atomic E-state index is 0.0447. The summed E-state index contributed by atoms with van der Waals surface area (Å²) in [6, 6.07) is 7.10. The number of para-hydroxylation sites is 2. The highest BCUT2D eigenvalue weighted by molar-refractivity contribution is 5.92. The molecule has 0 aliphatic carbocycles. The molecule has 7 nitrogen and oxygen atoms in total. The van der Waals surface area contributed by atoms with E-state index in [4.69, 9.17) is 20.3 Å². The lowest BCUT2D eigenvalue weighted by atomic mass is 10.3. The lowest BCUT2D eigenvalue weighted by Gasteiger charge is -2.12. The van der Waals surface area contributed by atoms with E-state index in [1.54, 1.807) is 25.3 Å². The van der Waals surface area contributed by atoms with E-state index < -0.39 is 5.97 Å². The van der Waals surface area contributed by atoms with Crippen LogP contribution in [0.1, 0.15) is 10.4 Å². The standard InChI is InChI=1S/C13H15N3O4/c1-19-6-7-20-11-5-3-2-4-10(11)16-12(14)9(8-15-16)13(17)18/h2-5,8H,6-7,14H2,1H3,(H,17,18). The first-order valence-electron chi connectivity index (χ1n) is 5.93. The van der Waals surface area contributed by atoms with Crippen molar-refractivity contribution in [2.45, 2.75) is 0 Å². The van der Waals surface area contributed by atoms with Crippen LogP contribution in [0.4, 0.5) is 5.82 Å². The summed E-state index contributed by atoms with van der Waals surface area (Å²) in [6.45, 7) is 0.823. The molecule has 0 fully saturated rings. The molecule has 2 aromatic rings. The SMILES string of the molecule is COCCOc1ccccc1-n1ncc(C(=O)O)c1N. The second-order valence-corrected chi connectivity index (χ2v) is 3.97. The first-order valence-corrected chi connectivity index (χ1v) is 5.93. The van der Waals surface area contributed by atoms with E-state index in [0.717, 1.165) is 0 Å². The van der Waals surface area contributed by atoms with Crippen LogP contribution in [0.3, 0.4) is 0 Å². The maximum Gasteiger partial charge on any atom is 0.341 e. The summed E-state index contributed by atoms with van der Waals surface area (Å²) in [6.07, 6.45) is 1.21. The highest BCUT2D eigenvalue weighted by atomic mass is 16.5. The highest BCUT2D eigenvalue weighted by Crippen LogP contribution is 2.25. The van der Waals surface area contributed by atoms with Crippen molar-refractivity contribution in [2.24, 2.45) is 0 Å². The number of nitrogens with zero attached hydrogens (tertiary/aromatic N) is 2. The van der Waals surface area contributed by atoms with Gasteiger partial charge in [0.05, 0.1) is 12.8 Å². The fraction of sp³-hybridized carbons (Fsp3) is 0.231. The third kappa shape index (κ3) is 2.72. The Bertz CT molecular complexity index is 609. The molecule has 0 saturated heterocycles. The van der Waals surface area contributed by atoms with Crippen molar-refractivity contribution in [3.63, 3.8) is 0 Å². The largest absolute Gasteiger partial charge is 0.489 e. The van der Waals surface area contributed by atoms with E-state index in [2.05, 4.69) is 5.10 Å². The highest BCUT2D eigenvalue weighted by Gasteiger charge is 2.17. The van der Waals surface area contributed by atoms with Gasteiger partial charge in [0.1, 0.15) is 29.4 Å². The number of benzene rings is 1. The molecular weight excluding hydrogens is 262 g/mol. The van der Waals surface area contributed by atoms with Crippen molar-refractivity contribution < 1.29 is 19.4 Å². The average Bonchev–Trinajstić information content (AvgIpc) is 2.81. The minimum Gasteiger partial charge on any atom is -0.489 e. The number of aromatic carboxylic acids is 1. The van der Waals surface area contributed by atoms with E-state index in [9.17, 15) is 4.79 Å². The van der Waals surface area contributed by atoms with Crippen LogP contribution < -0.4 is 10.5 Å². The van der Waals surface area contributed by atoms with Gasteiger partial charge in [-0.15, -0.1) is 0 Å². The summed E-state index contributed by atoms with van der Waals surface area (Å²) in [5.74, 6) is -0.511. The zero-order chi connectivity index (χ0) is 14.5. The van der Waals surface area contributed by atoms with Crippen LogP contribution in [-0.2, 0) is 4.74 Å². The monoisotopic (exact) mass is 277 g/mol. The molecule has 0 unspecified atom stereocenters. The van der Waals surface area contributed by atoms with E-state index in [-0.39, 0.29) is 11.4 Å². The van der Waals surface area contributed by atoms with Crippen LogP contribution in [0.25, 0.3) is 5.69 Å². The Morgan fingerprint density at radius 3 is 2.80 bits per heavy atom. The van der Waals surface area contributed by atoms with Gasteiger partial charge in [0.25, 0.3) is 0 Å². The predicted molar refractivity (Wildman–Crippen MR) is 72.3 cm³/mol. The second kappa shape index (κ2) is 6.07. The summed E-state index contributed by atoms with van der Waals surface area (Å²) >= 11 is 0. The van der Waals surface area contributed by atoms with E-state index in [0.29, 0.717) is 24.7 Å². The molecule has 2 rings (SSSR count). The van der Waals surface area contributed by atoms with Crippen LogP contribution in [0.5, 0.6) is 5.75 Å². The Labute approximate surface area is 115 Å². The Hall–Kier alpha value is -2.54. The van der Waals surface area contributed by atoms with Gasteiger partial charge in [-0.2, -0.15) is 5.10 Å². The summed E-state index contributed by atoms with van der Waals surface area (Å²) in [4.78, 5) is 11.0. The molecule has 20 heavy (non-hydrogen) atoms. The van der Waals surface area contributed by atoms with Crippen molar-refractivity contribution in [1.29, 1.82) is 0 Å². The molecule has 0 amide bonds. The average molecular weight is 277 g/mol. The topological polar surface area (TPSA) is 99.6 Å². The minimum atomic E-state index is -1.12. The molecular formula is C13H15N3O4. The number of aromatic nitrogens is 2. The lowest BCUT2D eigenvalue weighted by molar-refractivity contribution is 0.0698. The van der Waals surface area contributed by atoms with Crippen molar-refractivity contribution in [3.05, 3.63) is 36.0 Å². The number of anilines is 1. The number of nitrogens with two attached hydrogens (primary N) is 1. The van der Waals surface area contributed by atoms with Gasteiger partial charge >= 0.3 is 5.97 Å². The Kier molecular flexibility index (Phi) is 4.21. The number of methoxy groups -OCH3 is 1. The van der Waals surface area contributed by atoms with Crippen LogP contribution in [0.2, 0.25) is 0 Å². The Morgan fingerprint density at radius 2 is 2.15 bits per heavy atom. The fourth-order valence-electron chi connectivity index (χ4n) is 1.70. The third-order valence-corrected chi connectivity index (χ3v) is 2.68. The number of carbonyl (C=O) groups is 1. The first-order chi connectivity index (χ1) is 9.65. The van der Waals surface area contributed by atoms with Crippen molar-refractivity contribution in [3.8, 4) is 11.4 Å². The van der Waals surface area contributed by atoms with E-state index in [1.165, 1.54) is 10.9 Å². The Balaban J connectivity index is 2.35. The Morgan fingerprint density at radius 1 is 1.40 bits per heavy atom. The van der Waals surface area contributed by atoms with Crippen LogP contribution in [0, 0.1) is 0 Å². The number of carboxylic acids is 1. The summed E-state index contributed by atoms with van der Waals surface area (Å²) < 4.78 is 11.8. The normalized spacial score (nSPS) is 10.4. The molecule has 1 heterocycles. The van der Waals surface area contributed by atoms with E-state index in [1.807, 2.05) is 6.07 Å². The third-order valence-electron chi connectivity index (χ3n) is 2.68. The molecule has 1 aromatic carbocycles. The number of hydrogen-bond donors (Lipinski definition) is 2. The zero-order valence-corrected chi connectivity index (χ0v) is 10.9. The molecule has 0 aliphatic rings. The number of hydrogen-bond acceptors (Lipinski definition) is 5. The van der Waals surface area contributed by atoms with Crippen molar-refractivity contribution in [2.75, 3.05) is 26.1 Å². The smallest absolute Gasteiger partial charge is 0.341 e. The predicted octanol–water partition coefficient (Wildman–Crippen LogP) is 1.18. The zero-order valence-electron chi connectivity index (χ0n) is 10.9. The van der Waals surface area contributed by atoms with Gasteiger partial charge in [-0.05, 0) is 12.1 Å². The van der Waals surface area contributed by atoms with Gasteiger partial charge in [-0.1, -0.05) is 12.1 Å². The summed E-state index contributed by atoms with van der Waals surface area (Å²) in [5, 5.41) is 13.0. The summed E-state index contributed by atoms with van der Waals surface area (Å²) in [5.41, 5.74) is 6.33. The molecule has 3 N–H and O–H groups in total. The van der Waals surface area contributed by atoms with Gasteiger partial charge in [0, 0.05) is 7.11 Å². The molecule has 0 aliphatic heterocycles. The molecule has 1 aromatic heterocycles. The number of rotatable bonds is 6. The van der Waals surface area contributed by atoms with Gasteiger partial charge in [-0.3, -0.25) is 0 Å². The molecule has 0 bridgehead atoms. The second-order valence-electron chi connectivity index (χ2n) is 3.97. The van der Waals surface area contributed by atoms with Crippen LogP contribution >= 0.6 is 0 Å². The molecule has 106 valence electrons. The molecule has 0 saturated carbocycles. The van der Waals surface area contributed by atoms with Gasteiger partial charge in [0.15, 0.2) is 0 Å². The quantitative estimate of drug-likeness (QED) is 0.769. The first kappa shape index (κ1) is 13.9. The lowest BCUT2D eigenvalue weighted by Crippen LogP contribution is -2.09. The van der Waals surface area contributed by atoms with Gasteiger partial charge in [0.2, 0.25) is 0 Å². The number of ether oxygens (including phenoxy) is 2. The summed E-state index contributed by atoms with van der Waals surface area (Å²) in [7, 11) is 1.58. The van der Waals surface area contributed by atoms with Crippen molar-refractivity contribution >= 4 is 11.8 Å². The maximum absolute atomic E-state index is 11.0. The number of carboxylic acid groups (broad SMARTS) is 1. The van der Waals surface area contributed by atoms with Crippen molar-refractivity contribution in [1.82, 2.24) is 9.78 Å². The maximum atomic E-state index is 11.0. The fourth-order valence-corrected chi connectivity index (χ4v) is 1.70.